The molecule has 0 aliphatic heterocycles. The van der Waals surface area contributed by atoms with E-state index in [1.807, 2.05) is 25.3 Å². The van der Waals surface area contributed by atoms with Gasteiger partial charge in [-0.2, -0.15) is 20.9 Å². The van der Waals surface area contributed by atoms with Crippen LogP contribution in [-0.2, 0) is 6.42 Å². The molecule has 0 aliphatic carbocycles. The molecule has 20 heavy (non-hydrogen) atoms. The van der Waals surface area contributed by atoms with Crippen LogP contribution in [0.2, 0.25) is 13.1 Å². The van der Waals surface area contributed by atoms with Gasteiger partial charge in [-0.3, -0.25) is 0 Å². The molecule has 2 rings (SSSR count). The molecule has 0 aromatic carbocycles. The second kappa shape index (κ2) is 6.74. The van der Waals surface area contributed by atoms with Crippen LogP contribution in [0.5, 0.6) is 0 Å². The number of rotatable bonds is 5. The minimum Gasteiger partial charge on any atom is -0.192 e. The highest BCUT2D eigenvalue weighted by molar-refractivity contribution is 9.11. The molecule has 9 heteroatoms. The van der Waals surface area contributed by atoms with Crippen molar-refractivity contribution in [2.24, 2.45) is 5.10 Å². The second-order valence-electron chi connectivity index (χ2n) is 4.42. The Bertz CT molecular complexity index is 620. The van der Waals surface area contributed by atoms with Gasteiger partial charge in [-0.1, -0.05) is 18.1 Å². The fraction of sp³-hybridized carbons (Fsp3) is 0.364. The molecule has 108 valence electrons. The van der Waals surface area contributed by atoms with Gasteiger partial charge in [0.2, 0.25) is 11.7 Å². The Morgan fingerprint density at radius 3 is 2.80 bits per heavy atom. The van der Waals surface area contributed by atoms with Crippen molar-refractivity contribution < 1.29 is 0 Å². The maximum Gasteiger partial charge on any atom is 0.218 e. The summed E-state index contributed by atoms with van der Waals surface area (Å²) in [4.78, 5) is 1.07. The van der Waals surface area contributed by atoms with Crippen molar-refractivity contribution in [1.82, 2.24) is 14.9 Å². The molecule has 0 amide bonds. The summed E-state index contributed by atoms with van der Waals surface area (Å²) in [5.74, 6) is 0.842. The first kappa shape index (κ1) is 16.2. The molecular weight excluding hydrogens is 396 g/mol. The number of halogens is 2. The van der Waals surface area contributed by atoms with Gasteiger partial charge < -0.3 is 0 Å². The number of thiophene rings is 1. The van der Waals surface area contributed by atoms with E-state index in [9.17, 15) is 0 Å². The molecule has 0 radical (unpaired) electrons. The first-order valence-electron chi connectivity index (χ1n) is 6.01. The predicted molar refractivity (Wildman–Crippen MR) is 93.6 cm³/mol. The van der Waals surface area contributed by atoms with Gasteiger partial charge >= 0.3 is 0 Å². The highest BCUT2D eigenvalue weighted by atomic mass is 79.9. The van der Waals surface area contributed by atoms with Gasteiger partial charge in [-0.25, -0.2) is 0 Å². The lowest BCUT2D eigenvalue weighted by Gasteiger charge is -2.10. The van der Waals surface area contributed by atoms with Crippen LogP contribution in [0.3, 0.4) is 0 Å². The summed E-state index contributed by atoms with van der Waals surface area (Å²) in [5.41, 5.74) is 0. The highest BCUT2D eigenvalue weighted by Crippen LogP contribution is 2.31. The monoisotopic (exact) mass is 408 g/mol. The van der Waals surface area contributed by atoms with Crippen molar-refractivity contribution in [2.45, 2.75) is 31.6 Å². The van der Waals surface area contributed by atoms with Gasteiger partial charge in [0, 0.05) is 11.3 Å². The van der Waals surface area contributed by atoms with Crippen molar-refractivity contribution in [1.29, 1.82) is 0 Å². The quantitative estimate of drug-likeness (QED) is 0.412. The van der Waals surface area contributed by atoms with E-state index in [1.54, 1.807) is 27.2 Å². The van der Waals surface area contributed by atoms with E-state index in [1.165, 1.54) is 0 Å². The fourth-order valence-corrected chi connectivity index (χ4v) is 5.78. The molecular formula is C11H14BrClN4S2Si. The SMILES string of the molecule is CCc1nnc(S[Si](C)(C)Cl)n1/N=C/c1ccc(Br)s1. The van der Waals surface area contributed by atoms with Crippen LogP contribution in [0, 0.1) is 0 Å². The van der Waals surface area contributed by atoms with Crippen LogP contribution in [0.25, 0.3) is 0 Å². The smallest absolute Gasteiger partial charge is 0.192 e. The molecule has 0 saturated carbocycles. The van der Waals surface area contributed by atoms with Crippen molar-refractivity contribution in [3.63, 3.8) is 0 Å². The molecule has 0 fully saturated rings. The van der Waals surface area contributed by atoms with E-state index in [-0.39, 0.29) is 0 Å². The highest BCUT2D eigenvalue weighted by Gasteiger charge is 2.23. The van der Waals surface area contributed by atoms with Gasteiger partial charge in [-0.15, -0.1) is 21.5 Å². The third kappa shape index (κ3) is 4.42. The van der Waals surface area contributed by atoms with Crippen LogP contribution in [0.4, 0.5) is 0 Å². The molecule has 0 unspecified atom stereocenters. The minimum absolute atomic E-state index is 0.764. The van der Waals surface area contributed by atoms with E-state index in [0.29, 0.717) is 0 Å². The zero-order valence-electron chi connectivity index (χ0n) is 11.3. The summed E-state index contributed by atoms with van der Waals surface area (Å²) in [7, 11) is 0. The molecule has 2 heterocycles. The van der Waals surface area contributed by atoms with E-state index >= 15 is 0 Å². The third-order valence-corrected chi connectivity index (χ3v) is 7.40. The van der Waals surface area contributed by atoms with Gasteiger partial charge in [0.15, 0.2) is 5.82 Å². The van der Waals surface area contributed by atoms with E-state index in [0.717, 1.165) is 26.1 Å². The Morgan fingerprint density at radius 2 is 2.25 bits per heavy atom. The fourth-order valence-electron chi connectivity index (χ4n) is 1.43. The van der Waals surface area contributed by atoms with Gasteiger partial charge in [0.25, 0.3) is 0 Å². The number of hydrogen-bond acceptors (Lipinski definition) is 5. The lowest BCUT2D eigenvalue weighted by atomic mass is 10.5. The van der Waals surface area contributed by atoms with Crippen LogP contribution in [0.15, 0.2) is 26.2 Å². The molecule has 2 aromatic heterocycles. The van der Waals surface area contributed by atoms with Crippen molar-refractivity contribution in [3.8, 4) is 0 Å². The van der Waals surface area contributed by atoms with Gasteiger partial charge in [0.05, 0.1) is 10.0 Å². The number of aromatic nitrogens is 3. The number of hydrogen-bond donors (Lipinski definition) is 0. The molecule has 0 spiro atoms. The Morgan fingerprint density at radius 1 is 1.50 bits per heavy atom. The third-order valence-electron chi connectivity index (χ3n) is 2.22. The van der Waals surface area contributed by atoms with Crippen LogP contribution in [0.1, 0.15) is 17.6 Å². The summed E-state index contributed by atoms with van der Waals surface area (Å²) in [6, 6.07) is 4.02. The summed E-state index contributed by atoms with van der Waals surface area (Å²) < 4.78 is 2.87. The van der Waals surface area contributed by atoms with Gasteiger partial charge in [0.1, 0.15) is 0 Å². The first-order valence-corrected chi connectivity index (χ1v) is 13.2. The Labute approximate surface area is 140 Å². The molecule has 0 saturated heterocycles. The molecule has 0 atom stereocenters. The molecule has 0 aliphatic rings. The van der Waals surface area contributed by atoms with Crippen molar-refractivity contribution in [3.05, 3.63) is 26.6 Å². The number of nitrogens with zero attached hydrogens (tertiary/aromatic N) is 4. The van der Waals surface area contributed by atoms with E-state index < -0.39 is 6.53 Å². The van der Waals surface area contributed by atoms with Crippen molar-refractivity contribution in [2.75, 3.05) is 0 Å². The van der Waals surface area contributed by atoms with Crippen LogP contribution >= 0.6 is 49.6 Å². The Hall–Kier alpha value is -0.153. The van der Waals surface area contributed by atoms with Gasteiger partial charge in [-0.05, 0) is 41.2 Å². The number of aryl methyl sites for hydroxylation is 1. The topological polar surface area (TPSA) is 43.1 Å². The molecule has 0 N–H and O–H groups in total. The summed E-state index contributed by atoms with van der Waals surface area (Å²) in [6.45, 7) is 4.31. The average molecular weight is 410 g/mol. The largest absolute Gasteiger partial charge is 0.218 e. The summed E-state index contributed by atoms with van der Waals surface area (Å²) in [6.07, 6.45) is 2.61. The normalized spacial score (nSPS) is 12.4. The maximum atomic E-state index is 6.38. The maximum absolute atomic E-state index is 6.38. The van der Waals surface area contributed by atoms with Crippen LogP contribution < -0.4 is 0 Å². The Balaban J connectivity index is 2.29. The predicted octanol–water partition coefficient (Wildman–Crippen LogP) is 4.58. The van der Waals surface area contributed by atoms with Crippen LogP contribution in [-0.4, -0.2) is 27.6 Å². The molecule has 0 bridgehead atoms. The van der Waals surface area contributed by atoms with E-state index in [4.69, 9.17) is 11.1 Å². The Kier molecular flexibility index (Phi) is 5.47. The lowest BCUT2D eigenvalue weighted by Crippen LogP contribution is -2.12. The summed E-state index contributed by atoms with van der Waals surface area (Å²) >= 11 is 13.0. The standard InChI is InChI=1S/C11H14BrClN4S2Si/c1-4-10-15-16-11(19-20(2,3)13)17(10)14-7-8-5-6-9(12)18-8/h5-7H,4H2,1-3H3/b14-7+. The minimum atomic E-state index is -1.85. The van der Waals surface area contributed by atoms with Crippen molar-refractivity contribution >= 4 is 62.3 Å². The second-order valence-corrected chi connectivity index (χ2v) is 17.4. The zero-order chi connectivity index (χ0) is 14.8. The molecule has 2 aromatic rings. The van der Waals surface area contributed by atoms with E-state index in [2.05, 4.69) is 44.3 Å². The lowest BCUT2D eigenvalue weighted by molar-refractivity contribution is 0.724. The average Bonchev–Trinajstić information content (AvgIpc) is 2.91. The summed E-state index contributed by atoms with van der Waals surface area (Å²) in [5, 5.41) is 13.6. The molecule has 4 nitrogen and oxygen atoms in total. The zero-order valence-corrected chi connectivity index (χ0v) is 16.3. The first-order chi connectivity index (χ1) is 9.39.